The van der Waals surface area contributed by atoms with Gasteiger partial charge in [0.2, 0.25) is 0 Å². The van der Waals surface area contributed by atoms with Gasteiger partial charge in [-0.05, 0) is 72.3 Å². The van der Waals surface area contributed by atoms with Crippen LogP contribution in [0, 0.1) is 0 Å². The Labute approximate surface area is 226 Å². The summed E-state index contributed by atoms with van der Waals surface area (Å²) in [5.41, 5.74) is 5.67. The number of carboxylic acids is 1. The van der Waals surface area contributed by atoms with E-state index in [1.807, 2.05) is 78.9 Å². The number of carboxylic acid groups (broad SMARTS) is 1. The zero-order valence-corrected chi connectivity index (χ0v) is 21.1. The first-order chi connectivity index (χ1) is 19.2. The van der Waals surface area contributed by atoms with Gasteiger partial charge in [-0.2, -0.15) is 0 Å². The van der Waals surface area contributed by atoms with Gasteiger partial charge in [-0.25, -0.2) is 4.79 Å². The quantitative estimate of drug-likeness (QED) is 0.261. The van der Waals surface area contributed by atoms with Gasteiger partial charge in [0.05, 0.1) is 5.56 Å². The maximum atomic E-state index is 13.2. The lowest BCUT2D eigenvalue weighted by molar-refractivity contribution is 0.0698. The van der Waals surface area contributed by atoms with Crippen molar-refractivity contribution in [2.45, 2.75) is 0 Å². The van der Waals surface area contributed by atoms with Crippen molar-refractivity contribution in [1.82, 2.24) is 0 Å². The topological polar surface area (TPSA) is 37.3 Å². The van der Waals surface area contributed by atoms with Gasteiger partial charge in [-0.15, -0.1) is 0 Å². The number of hydrogen-bond donors (Lipinski definition) is 1. The van der Waals surface area contributed by atoms with Gasteiger partial charge in [0.15, 0.2) is 0 Å². The maximum Gasteiger partial charge on any atom is 0.336 e. The monoisotopic (exact) mass is 500 g/mol. The molecule has 7 aromatic carbocycles. The molecule has 0 aliphatic rings. The average Bonchev–Trinajstić information content (AvgIpc) is 2.99. The normalized spacial score (nSPS) is 11.3. The number of aromatic carboxylic acids is 1. The molecule has 0 saturated carbocycles. The van der Waals surface area contributed by atoms with Crippen LogP contribution in [0.1, 0.15) is 10.4 Å². The highest BCUT2D eigenvalue weighted by Gasteiger charge is 2.25. The van der Waals surface area contributed by atoms with Crippen molar-refractivity contribution in [2.24, 2.45) is 0 Å². The van der Waals surface area contributed by atoms with Crippen LogP contribution in [-0.4, -0.2) is 11.1 Å². The third kappa shape index (κ3) is 3.86. The summed E-state index contributed by atoms with van der Waals surface area (Å²) in [4.78, 5) is 13.2. The van der Waals surface area contributed by atoms with Crippen LogP contribution in [-0.2, 0) is 0 Å². The molecule has 2 nitrogen and oxygen atoms in total. The van der Waals surface area contributed by atoms with E-state index >= 15 is 0 Å². The Morgan fingerprint density at radius 2 is 1.03 bits per heavy atom. The first kappa shape index (κ1) is 22.9. The fourth-order valence-electron chi connectivity index (χ4n) is 5.81. The highest BCUT2D eigenvalue weighted by atomic mass is 16.4. The summed E-state index contributed by atoms with van der Waals surface area (Å²) < 4.78 is 0. The van der Waals surface area contributed by atoms with Crippen LogP contribution in [0.2, 0.25) is 0 Å². The second-order valence-electron chi connectivity index (χ2n) is 9.84. The van der Waals surface area contributed by atoms with E-state index in [9.17, 15) is 9.90 Å². The van der Waals surface area contributed by atoms with Crippen molar-refractivity contribution in [1.29, 1.82) is 0 Å². The molecule has 39 heavy (non-hydrogen) atoms. The predicted octanol–water partition coefficient (Wildman–Crippen LogP) is 9.85. The van der Waals surface area contributed by atoms with Crippen LogP contribution in [0.15, 0.2) is 140 Å². The average molecular weight is 501 g/mol. The molecule has 7 aromatic rings. The molecule has 0 radical (unpaired) electrons. The summed E-state index contributed by atoms with van der Waals surface area (Å²) in [5, 5.41) is 17.2. The number of carbonyl (C=O) groups is 1. The van der Waals surface area contributed by atoms with E-state index in [4.69, 9.17) is 0 Å². The lowest BCUT2D eigenvalue weighted by Crippen LogP contribution is -2.05. The highest BCUT2D eigenvalue weighted by Crippen LogP contribution is 2.46. The Morgan fingerprint density at radius 1 is 0.436 bits per heavy atom. The van der Waals surface area contributed by atoms with Crippen molar-refractivity contribution in [3.05, 3.63) is 145 Å². The molecule has 0 unspecified atom stereocenters. The summed E-state index contributed by atoms with van der Waals surface area (Å²) in [6.07, 6.45) is 0. The van der Waals surface area contributed by atoms with Gasteiger partial charge in [0.1, 0.15) is 0 Å². The van der Waals surface area contributed by atoms with Crippen LogP contribution in [0.5, 0.6) is 0 Å². The zero-order valence-electron chi connectivity index (χ0n) is 21.1. The Morgan fingerprint density at radius 3 is 1.77 bits per heavy atom. The largest absolute Gasteiger partial charge is 0.478 e. The smallest absolute Gasteiger partial charge is 0.336 e. The molecule has 0 atom stereocenters. The van der Waals surface area contributed by atoms with E-state index in [1.54, 1.807) is 0 Å². The maximum absolute atomic E-state index is 13.2. The van der Waals surface area contributed by atoms with Gasteiger partial charge in [-0.1, -0.05) is 127 Å². The molecule has 0 spiro atoms. The van der Waals surface area contributed by atoms with E-state index in [0.717, 1.165) is 54.7 Å². The summed E-state index contributed by atoms with van der Waals surface area (Å²) in [6.45, 7) is 0. The van der Waals surface area contributed by atoms with E-state index in [2.05, 4.69) is 60.7 Å². The third-order valence-electron chi connectivity index (χ3n) is 7.59. The summed E-state index contributed by atoms with van der Waals surface area (Å²) in [5.74, 6) is -0.938. The van der Waals surface area contributed by atoms with E-state index in [1.165, 1.54) is 5.39 Å². The van der Waals surface area contributed by atoms with E-state index < -0.39 is 5.97 Å². The molecular formula is C37H24O2. The van der Waals surface area contributed by atoms with Crippen molar-refractivity contribution < 1.29 is 9.90 Å². The summed E-state index contributed by atoms with van der Waals surface area (Å²) >= 11 is 0. The van der Waals surface area contributed by atoms with Gasteiger partial charge in [-0.3, -0.25) is 0 Å². The number of benzene rings is 7. The summed E-state index contributed by atoms with van der Waals surface area (Å²) in [7, 11) is 0. The van der Waals surface area contributed by atoms with E-state index in [-0.39, 0.29) is 0 Å². The Hall–Kier alpha value is -5.21. The Balaban J connectivity index is 1.67. The van der Waals surface area contributed by atoms with Crippen molar-refractivity contribution in [3.63, 3.8) is 0 Å². The predicted molar refractivity (Wildman–Crippen MR) is 162 cm³/mol. The number of rotatable bonds is 4. The van der Waals surface area contributed by atoms with Crippen molar-refractivity contribution in [2.75, 3.05) is 0 Å². The van der Waals surface area contributed by atoms with Crippen LogP contribution in [0.25, 0.3) is 65.7 Å². The molecule has 0 aliphatic carbocycles. The van der Waals surface area contributed by atoms with Gasteiger partial charge >= 0.3 is 5.97 Å². The van der Waals surface area contributed by atoms with Crippen molar-refractivity contribution in [3.8, 4) is 33.4 Å². The zero-order chi connectivity index (χ0) is 26.3. The fourth-order valence-corrected chi connectivity index (χ4v) is 5.81. The first-order valence-electron chi connectivity index (χ1n) is 13.0. The molecule has 0 fully saturated rings. The second-order valence-corrected chi connectivity index (χ2v) is 9.84. The van der Waals surface area contributed by atoms with Crippen LogP contribution >= 0.6 is 0 Å². The Bertz CT molecular complexity index is 2040. The molecular weight excluding hydrogens is 476 g/mol. The lowest BCUT2D eigenvalue weighted by atomic mass is 9.82. The minimum absolute atomic E-state index is 0.318. The number of fused-ring (bicyclic) bond motifs is 3. The molecule has 0 amide bonds. The molecule has 0 heterocycles. The molecule has 2 heteroatoms. The fraction of sp³-hybridized carbons (Fsp3) is 0. The standard InChI is InChI=1S/C37H24O2/c38-37(39)36-33(25-11-2-1-3-12-25)23-28-15-7-9-17-31(28)35(36)34-30-16-8-6-13-26(30)20-21-32(34)29-19-18-24-10-4-5-14-27(24)22-29/h1-23H,(H,38,39). The molecule has 184 valence electrons. The van der Waals surface area contributed by atoms with Gasteiger partial charge in [0, 0.05) is 5.56 Å². The molecule has 0 bridgehead atoms. The van der Waals surface area contributed by atoms with Gasteiger partial charge < -0.3 is 5.11 Å². The highest BCUT2D eigenvalue weighted by molar-refractivity contribution is 6.19. The van der Waals surface area contributed by atoms with Crippen LogP contribution in [0.3, 0.4) is 0 Å². The molecule has 0 aromatic heterocycles. The first-order valence-corrected chi connectivity index (χ1v) is 13.0. The molecule has 7 rings (SSSR count). The van der Waals surface area contributed by atoms with Crippen LogP contribution in [0.4, 0.5) is 0 Å². The second kappa shape index (κ2) is 9.27. The molecule has 1 N–H and O–H groups in total. The van der Waals surface area contributed by atoms with E-state index in [0.29, 0.717) is 11.1 Å². The third-order valence-corrected chi connectivity index (χ3v) is 7.59. The lowest BCUT2D eigenvalue weighted by Gasteiger charge is -2.21. The minimum atomic E-state index is -0.938. The minimum Gasteiger partial charge on any atom is -0.478 e. The van der Waals surface area contributed by atoms with Crippen molar-refractivity contribution >= 4 is 38.3 Å². The van der Waals surface area contributed by atoms with Gasteiger partial charge in [0.25, 0.3) is 0 Å². The summed E-state index contributed by atoms with van der Waals surface area (Å²) in [6, 6.07) is 47.2. The van der Waals surface area contributed by atoms with Crippen LogP contribution < -0.4 is 0 Å². The molecule has 0 aliphatic heterocycles. The SMILES string of the molecule is O=C(O)c1c(-c2ccccc2)cc2ccccc2c1-c1c(-c2ccc3ccccc3c2)ccc2ccccc12. The number of hydrogen-bond acceptors (Lipinski definition) is 1. The Kier molecular flexibility index (Phi) is 5.45. The molecule has 0 saturated heterocycles.